The van der Waals surface area contributed by atoms with Crippen LogP contribution in [0.25, 0.3) is 12.2 Å². The van der Waals surface area contributed by atoms with Crippen molar-refractivity contribution < 1.29 is 50.9 Å². The van der Waals surface area contributed by atoms with E-state index in [0.29, 0.717) is 6.61 Å². The van der Waals surface area contributed by atoms with Crippen molar-refractivity contribution in [3.05, 3.63) is 71.1 Å². The summed E-state index contributed by atoms with van der Waals surface area (Å²) < 4.78 is 70.8. The molecule has 0 saturated carbocycles. The third kappa shape index (κ3) is 11.1. The maximum Gasteiger partial charge on any atom is 0.490 e. The maximum atomic E-state index is 10.6. The van der Waals surface area contributed by atoms with Crippen LogP contribution in [0.3, 0.4) is 0 Å². The minimum atomic E-state index is -5.08. The van der Waals surface area contributed by atoms with Gasteiger partial charge in [0.25, 0.3) is 0 Å². The summed E-state index contributed by atoms with van der Waals surface area (Å²) in [5, 5.41) is 22.0. The monoisotopic (exact) mass is 591 g/mol. The Morgan fingerprint density at radius 1 is 1.05 bits per heavy atom. The van der Waals surface area contributed by atoms with Gasteiger partial charge in [0, 0.05) is 56.8 Å². The molecule has 3 heterocycles. The van der Waals surface area contributed by atoms with Crippen LogP contribution < -0.4 is 0 Å². The zero-order valence-electron chi connectivity index (χ0n) is 21.6. The number of halogens is 6. The molecule has 0 radical (unpaired) electrons. The van der Waals surface area contributed by atoms with E-state index in [4.69, 9.17) is 24.5 Å². The number of carboxylic acids is 2. The second-order valence-corrected chi connectivity index (χ2v) is 8.41. The third-order valence-corrected chi connectivity index (χ3v) is 5.47. The predicted octanol–water partition coefficient (Wildman–Crippen LogP) is 4.25. The van der Waals surface area contributed by atoms with E-state index in [-0.39, 0.29) is 0 Å². The number of fused-ring (bicyclic) bond motifs is 1. The lowest BCUT2D eigenvalue weighted by Gasteiger charge is -2.26. The Bertz CT molecular complexity index is 1260. The average molecular weight is 592 g/mol. The van der Waals surface area contributed by atoms with Gasteiger partial charge in [-0.25, -0.2) is 14.6 Å². The molecule has 0 saturated heterocycles. The number of methoxy groups -OCH3 is 1. The van der Waals surface area contributed by atoms with Gasteiger partial charge in [-0.2, -0.15) is 31.4 Å². The SMILES string of the molecule is COCCn1ccnc1CN1CCc2[nH]nc(C=Cc3ccccc3)c2C1.O=C(O)C(F)(F)F.O=C(O)C(F)(F)F. The molecule has 0 amide bonds. The first-order valence-electron chi connectivity index (χ1n) is 11.8. The zero-order valence-corrected chi connectivity index (χ0v) is 21.6. The lowest BCUT2D eigenvalue weighted by molar-refractivity contribution is -0.193. The molecular weight excluding hydrogens is 564 g/mol. The fourth-order valence-electron chi connectivity index (χ4n) is 3.47. The van der Waals surface area contributed by atoms with Gasteiger partial charge in [-0.15, -0.1) is 0 Å². The third-order valence-electron chi connectivity index (χ3n) is 5.47. The standard InChI is InChI=1S/C21H25N5O.2C2HF3O2/c1-27-14-13-26-12-10-22-21(26)16-25-11-9-20-18(15-25)19(23-24-20)8-7-17-5-3-2-4-6-17;2*3-2(4,5)1(6)7/h2-8,10,12H,9,11,13-16H2,1H3,(H,23,24);2*(H,6,7). The molecule has 1 aromatic carbocycles. The molecule has 4 rings (SSSR count). The van der Waals surface area contributed by atoms with Crippen molar-refractivity contribution in [1.29, 1.82) is 0 Å². The van der Waals surface area contributed by atoms with Crippen LogP contribution >= 0.6 is 0 Å². The van der Waals surface area contributed by atoms with Crippen LogP contribution in [0, 0.1) is 0 Å². The number of aliphatic carboxylic acids is 2. The van der Waals surface area contributed by atoms with E-state index in [0.717, 1.165) is 44.1 Å². The molecule has 16 heteroatoms. The van der Waals surface area contributed by atoms with E-state index in [2.05, 4.69) is 48.9 Å². The van der Waals surface area contributed by atoms with Gasteiger partial charge in [0.15, 0.2) is 0 Å². The number of imidazole rings is 1. The summed E-state index contributed by atoms with van der Waals surface area (Å²) in [7, 11) is 1.73. The van der Waals surface area contributed by atoms with Crippen molar-refractivity contribution >= 4 is 24.1 Å². The molecule has 41 heavy (non-hydrogen) atoms. The summed E-state index contributed by atoms with van der Waals surface area (Å²) in [6, 6.07) is 10.3. The average Bonchev–Trinajstić information content (AvgIpc) is 3.52. The van der Waals surface area contributed by atoms with Gasteiger partial charge in [0.05, 0.1) is 18.8 Å². The number of aromatic nitrogens is 4. The smallest absolute Gasteiger partial charge is 0.475 e. The van der Waals surface area contributed by atoms with Gasteiger partial charge < -0.3 is 19.5 Å². The van der Waals surface area contributed by atoms with Gasteiger partial charge in [-0.05, 0) is 11.6 Å². The molecule has 224 valence electrons. The number of ether oxygens (including phenoxy) is 1. The Morgan fingerprint density at radius 3 is 2.22 bits per heavy atom. The highest BCUT2D eigenvalue weighted by molar-refractivity contribution is 5.73. The molecule has 0 atom stereocenters. The van der Waals surface area contributed by atoms with Crippen molar-refractivity contribution in [3.63, 3.8) is 0 Å². The number of alkyl halides is 6. The number of hydrogen-bond donors (Lipinski definition) is 3. The predicted molar refractivity (Wildman–Crippen MR) is 133 cm³/mol. The first-order valence-corrected chi connectivity index (χ1v) is 11.8. The van der Waals surface area contributed by atoms with Crippen molar-refractivity contribution in [2.24, 2.45) is 0 Å². The zero-order chi connectivity index (χ0) is 30.6. The highest BCUT2D eigenvalue weighted by atomic mass is 19.4. The number of hydrogen-bond acceptors (Lipinski definition) is 6. The van der Waals surface area contributed by atoms with Crippen LogP contribution in [0.4, 0.5) is 26.3 Å². The highest BCUT2D eigenvalue weighted by Gasteiger charge is 2.38. The molecule has 0 fully saturated rings. The molecule has 1 aliphatic heterocycles. The fraction of sp³-hybridized carbons (Fsp3) is 0.360. The number of H-pyrrole nitrogens is 1. The number of carbonyl (C=O) groups is 2. The van der Waals surface area contributed by atoms with Crippen molar-refractivity contribution in [3.8, 4) is 0 Å². The molecule has 0 spiro atoms. The number of rotatable bonds is 7. The second kappa shape index (κ2) is 15.0. The number of carboxylic acid groups (broad SMARTS) is 2. The summed E-state index contributed by atoms with van der Waals surface area (Å²) in [4.78, 5) is 24.8. The summed E-state index contributed by atoms with van der Waals surface area (Å²) in [6.45, 7) is 4.26. The van der Waals surface area contributed by atoms with Crippen molar-refractivity contribution in [1.82, 2.24) is 24.6 Å². The van der Waals surface area contributed by atoms with Gasteiger partial charge in [0.1, 0.15) is 5.82 Å². The Balaban J connectivity index is 0.000000349. The molecule has 0 aliphatic carbocycles. The Hall–Kier alpha value is -4.18. The number of aromatic amines is 1. The first-order chi connectivity index (χ1) is 19.2. The Morgan fingerprint density at radius 2 is 1.66 bits per heavy atom. The minimum Gasteiger partial charge on any atom is -0.475 e. The topological polar surface area (TPSA) is 134 Å². The van der Waals surface area contributed by atoms with Crippen molar-refractivity contribution in [2.75, 3.05) is 20.3 Å². The molecule has 10 nitrogen and oxygen atoms in total. The maximum absolute atomic E-state index is 10.6. The van der Waals surface area contributed by atoms with Gasteiger partial charge in [-0.3, -0.25) is 10.00 Å². The summed E-state index contributed by atoms with van der Waals surface area (Å²) in [5.41, 5.74) is 4.76. The summed E-state index contributed by atoms with van der Waals surface area (Å²) >= 11 is 0. The van der Waals surface area contributed by atoms with Crippen LogP contribution in [-0.4, -0.2) is 79.4 Å². The lowest BCUT2D eigenvalue weighted by Crippen LogP contribution is -2.31. The van der Waals surface area contributed by atoms with E-state index in [1.165, 1.54) is 16.8 Å². The number of nitrogens with zero attached hydrogens (tertiary/aromatic N) is 4. The van der Waals surface area contributed by atoms with Crippen LogP contribution in [0.15, 0.2) is 42.7 Å². The minimum absolute atomic E-state index is 0.698. The van der Waals surface area contributed by atoms with Crippen LogP contribution in [0.2, 0.25) is 0 Å². The second-order valence-electron chi connectivity index (χ2n) is 8.41. The Labute approximate surface area is 229 Å². The fourth-order valence-corrected chi connectivity index (χ4v) is 3.47. The molecular formula is C25H27F6N5O5. The highest BCUT2D eigenvalue weighted by Crippen LogP contribution is 2.23. The van der Waals surface area contributed by atoms with E-state index < -0.39 is 24.3 Å². The van der Waals surface area contributed by atoms with Gasteiger partial charge in [-0.1, -0.05) is 36.4 Å². The van der Waals surface area contributed by atoms with Crippen LogP contribution in [0.5, 0.6) is 0 Å². The van der Waals surface area contributed by atoms with E-state index in [1.807, 2.05) is 30.6 Å². The van der Waals surface area contributed by atoms with Gasteiger partial charge in [0.2, 0.25) is 0 Å². The van der Waals surface area contributed by atoms with E-state index in [1.54, 1.807) is 7.11 Å². The summed E-state index contributed by atoms with van der Waals surface area (Å²) in [6.07, 6.45) is -1.07. The van der Waals surface area contributed by atoms with Gasteiger partial charge >= 0.3 is 24.3 Å². The summed E-state index contributed by atoms with van der Waals surface area (Å²) in [5.74, 6) is -4.43. The quantitative estimate of drug-likeness (QED) is 0.348. The molecule has 1 aliphatic rings. The first kappa shape index (κ1) is 33.0. The normalized spacial score (nSPS) is 13.5. The van der Waals surface area contributed by atoms with E-state index in [9.17, 15) is 26.3 Å². The Kier molecular flexibility index (Phi) is 12.1. The molecule has 0 bridgehead atoms. The molecule has 2 aromatic heterocycles. The number of nitrogens with one attached hydrogen (secondary N) is 1. The lowest BCUT2D eigenvalue weighted by atomic mass is 10.0. The van der Waals surface area contributed by atoms with Crippen molar-refractivity contribution in [2.45, 2.75) is 38.4 Å². The molecule has 3 N–H and O–H groups in total. The molecule has 0 unspecified atom stereocenters. The molecule has 3 aromatic rings. The number of benzene rings is 1. The largest absolute Gasteiger partial charge is 0.490 e. The van der Waals surface area contributed by atoms with Crippen LogP contribution in [0.1, 0.15) is 28.3 Å². The van der Waals surface area contributed by atoms with Crippen LogP contribution in [-0.2, 0) is 40.4 Å². The van der Waals surface area contributed by atoms with E-state index >= 15 is 0 Å².